The number of ether oxygens (including phenoxy) is 1. The van der Waals surface area contributed by atoms with Gasteiger partial charge in [-0.2, -0.15) is 19.3 Å². The van der Waals surface area contributed by atoms with Crippen molar-refractivity contribution in [2.75, 3.05) is 11.9 Å². The summed E-state index contributed by atoms with van der Waals surface area (Å²) in [5, 5.41) is 3.69. The molecule has 0 bridgehead atoms. The molecule has 108 valence electrons. The lowest BCUT2D eigenvalue weighted by molar-refractivity contribution is 0.219. The van der Waals surface area contributed by atoms with Crippen LogP contribution in [0.4, 0.5) is 5.95 Å². The van der Waals surface area contributed by atoms with Gasteiger partial charge in [-0.3, -0.25) is 0 Å². The fourth-order valence-corrected chi connectivity index (χ4v) is 2.54. The van der Waals surface area contributed by atoms with Crippen molar-refractivity contribution in [3.8, 4) is 6.01 Å². The highest BCUT2D eigenvalue weighted by Crippen LogP contribution is 2.26. The van der Waals surface area contributed by atoms with E-state index in [1.165, 1.54) is 29.6 Å². The molecular formula is C11H16N6OS2. The fourth-order valence-electron chi connectivity index (χ4n) is 1.25. The lowest BCUT2D eigenvalue weighted by atomic mass is 10.5. The molecule has 0 radical (unpaired) electrons. The number of aromatic nitrogens is 5. The molecule has 0 aromatic carbocycles. The quantitative estimate of drug-likeness (QED) is 0.834. The molecule has 7 nitrogen and oxygen atoms in total. The van der Waals surface area contributed by atoms with E-state index < -0.39 is 0 Å². The number of nitrogens with zero attached hydrogens (tertiary/aromatic N) is 5. The number of anilines is 1. The normalized spacial score (nSPS) is 10.8. The van der Waals surface area contributed by atoms with E-state index in [4.69, 9.17) is 4.74 Å². The van der Waals surface area contributed by atoms with E-state index in [0.717, 1.165) is 17.3 Å². The molecule has 0 saturated carbocycles. The molecule has 2 rings (SSSR count). The second kappa shape index (κ2) is 7.34. The maximum atomic E-state index is 5.55. The molecule has 0 unspecified atom stereocenters. The summed E-state index contributed by atoms with van der Waals surface area (Å²) in [4.78, 5) is 17.0. The first-order valence-corrected chi connectivity index (χ1v) is 7.87. The first-order valence-electron chi connectivity index (χ1n) is 6.28. The molecule has 2 aromatic rings. The lowest BCUT2D eigenvalue weighted by Gasteiger charge is -2.10. The van der Waals surface area contributed by atoms with Crippen LogP contribution >= 0.6 is 23.3 Å². The molecule has 9 heteroatoms. The van der Waals surface area contributed by atoms with Crippen LogP contribution in [0.25, 0.3) is 0 Å². The first kappa shape index (κ1) is 14.9. The van der Waals surface area contributed by atoms with Crippen molar-refractivity contribution in [2.45, 2.75) is 42.8 Å². The first-order chi connectivity index (χ1) is 9.67. The SMILES string of the molecule is CCCNc1nc(OC(C)C)nc(Sc2ncns2)n1. The van der Waals surface area contributed by atoms with E-state index in [2.05, 4.69) is 36.5 Å². The standard InChI is InChI=1S/C11H16N6OS2/c1-4-5-12-8-15-9(18-7(2)3)17-10(16-8)19-11-13-6-14-20-11/h6-7H,4-5H2,1-3H3,(H,12,15,16,17). The maximum absolute atomic E-state index is 5.55. The Balaban J connectivity index is 2.19. The Hall–Kier alpha value is -1.48. The second-order valence-electron chi connectivity index (χ2n) is 4.13. The van der Waals surface area contributed by atoms with Crippen molar-refractivity contribution in [3.05, 3.63) is 6.33 Å². The summed E-state index contributed by atoms with van der Waals surface area (Å²) in [7, 11) is 0. The summed E-state index contributed by atoms with van der Waals surface area (Å²) in [6, 6.07) is 0.320. The van der Waals surface area contributed by atoms with Crippen LogP contribution in [-0.2, 0) is 0 Å². The molecule has 2 heterocycles. The van der Waals surface area contributed by atoms with Crippen LogP contribution < -0.4 is 10.1 Å². The predicted octanol–water partition coefficient (Wildman–Crippen LogP) is 2.48. The molecule has 0 atom stereocenters. The Morgan fingerprint density at radius 3 is 2.85 bits per heavy atom. The van der Waals surface area contributed by atoms with Gasteiger partial charge in [0.15, 0.2) is 4.34 Å². The van der Waals surface area contributed by atoms with Gasteiger partial charge in [-0.15, -0.1) is 0 Å². The summed E-state index contributed by atoms with van der Waals surface area (Å²) in [6.07, 6.45) is 2.51. The van der Waals surface area contributed by atoms with Gasteiger partial charge in [-0.25, -0.2) is 4.98 Å². The van der Waals surface area contributed by atoms with E-state index >= 15 is 0 Å². The molecule has 0 amide bonds. The molecule has 20 heavy (non-hydrogen) atoms. The van der Waals surface area contributed by atoms with Crippen molar-refractivity contribution in [1.29, 1.82) is 0 Å². The van der Waals surface area contributed by atoms with Gasteiger partial charge in [0.1, 0.15) is 6.33 Å². The van der Waals surface area contributed by atoms with E-state index in [9.17, 15) is 0 Å². The minimum Gasteiger partial charge on any atom is -0.461 e. The Bertz CT molecular complexity index is 534. The van der Waals surface area contributed by atoms with Crippen LogP contribution in [0.5, 0.6) is 6.01 Å². The molecule has 1 N–H and O–H groups in total. The Morgan fingerprint density at radius 2 is 2.20 bits per heavy atom. The molecule has 0 spiro atoms. The zero-order valence-electron chi connectivity index (χ0n) is 11.5. The monoisotopic (exact) mass is 312 g/mol. The summed E-state index contributed by atoms with van der Waals surface area (Å²) in [5.41, 5.74) is 0. The number of rotatable bonds is 7. The number of hydrogen-bond donors (Lipinski definition) is 1. The minimum atomic E-state index is 0.0100. The van der Waals surface area contributed by atoms with Crippen LogP contribution in [0.1, 0.15) is 27.2 Å². The van der Waals surface area contributed by atoms with Crippen molar-refractivity contribution in [1.82, 2.24) is 24.3 Å². The Kier molecular flexibility index (Phi) is 5.48. The van der Waals surface area contributed by atoms with Crippen molar-refractivity contribution >= 4 is 29.2 Å². The summed E-state index contributed by atoms with van der Waals surface area (Å²) >= 11 is 2.65. The highest BCUT2D eigenvalue weighted by Gasteiger charge is 2.11. The second-order valence-corrected chi connectivity index (χ2v) is 6.12. The van der Waals surface area contributed by atoms with Gasteiger partial charge >= 0.3 is 6.01 Å². The van der Waals surface area contributed by atoms with Gasteiger partial charge < -0.3 is 10.1 Å². The van der Waals surface area contributed by atoms with Crippen molar-refractivity contribution < 1.29 is 4.74 Å². The Labute approximate surface area is 125 Å². The molecule has 0 aliphatic heterocycles. The average Bonchev–Trinajstić information content (AvgIpc) is 2.88. The van der Waals surface area contributed by atoms with E-state index in [1.54, 1.807) is 0 Å². The maximum Gasteiger partial charge on any atom is 0.322 e. The highest BCUT2D eigenvalue weighted by molar-refractivity contribution is 8.00. The topological polar surface area (TPSA) is 85.7 Å². The molecule has 0 aliphatic carbocycles. The van der Waals surface area contributed by atoms with E-state index in [0.29, 0.717) is 17.1 Å². The van der Waals surface area contributed by atoms with Gasteiger partial charge in [0.05, 0.1) is 6.10 Å². The van der Waals surface area contributed by atoms with E-state index in [-0.39, 0.29) is 6.10 Å². The highest BCUT2D eigenvalue weighted by atomic mass is 32.2. The fraction of sp³-hybridized carbons (Fsp3) is 0.545. The zero-order chi connectivity index (χ0) is 14.4. The van der Waals surface area contributed by atoms with Gasteiger partial charge in [-0.1, -0.05) is 6.92 Å². The molecule has 0 aliphatic rings. The van der Waals surface area contributed by atoms with Crippen LogP contribution in [0.2, 0.25) is 0 Å². The van der Waals surface area contributed by atoms with Crippen LogP contribution in [-0.4, -0.2) is 37.0 Å². The smallest absolute Gasteiger partial charge is 0.322 e. The third-order valence-corrected chi connectivity index (χ3v) is 3.57. The molecule has 2 aromatic heterocycles. The van der Waals surface area contributed by atoms with E-state index in [1.807, 2.05) is 13.8 Å². The molecular weight excluding hydrogens is 296 g/mol. The molecule has 0 saturated heterocycles. The predicted molar refractivity (Wildman–Crippen MR) is 78.4 cm³/mol. The van der Waals surface area contributed by atoms with Crippen LogP contribution in [0.15, 0.2) is 15.8 Å². The summed E-state index contributed by atoms with van der Waals surface area (Å²) in [6.45, 7) is 6.74. The van der Waals surface area contributed by atoms with Gasteiger partial charge in [-0.05, 0) is 43.6 Å². The Morgan fingerprint density at radius 1 is 1.35 bits per heavy atom. The molecule has 0 fully saturated rings. The third-order valence-electron chi connectivity index (χ3n) is 1.99. The largest absolute Gasteiger partial charge is 0.461 e. The van der Waals surface area contributed by atoms with Crippen molar-refractivity contribution in [2.24, 2.45) is 0 Å². The van der Waals surface area contributed by atoms with Gasteiger partial charge in [0, 0.05) is 6.54 Å². The summed E-state index contributed by atoms with van der Waals surface area (Å²) < 4.78 is 10.3. The number of hydrogen-bond acceptors (Lipinski definition) is 9. The van der Waals surface area contributed by atoms with Crippen molar-refractivity contribution in [3.63, 3.8) is 0 Å². The average molecular weight is 312 g/mol. The van der Waals surface area contributed by atoms with Gasteiger partial charge in [0.2, 0.25) is 11.1 Å². The van der Waals surface area contributed by atoms with Crippen LogP contribution in [0.3, 0.4) is 0 Å². The summed E-state index contributed by atoms with van der Waals surface area (Å²) in [5.74, 6) is 0.518. The van der Waals surface area contributed by atoms with Gasteiger partial charge in [0.25, 0.3) is 0 Å². The van der Waals surface area contributed by atoms with Crippen LogP contribution in [0, 0.1) is 0 Å². The third kappa shape index (κ3) is 4.57. The minimum absolute atomic E-state index is 0.0100. The number of nitrogens with one attached hydrogen (secondary N) is 1. The lowest BCUT2D eigenvalue weighted by Crippen LogP contribution is -2.12. The zero-order valence-corrected chi connectivity index (χ0v) is 13.2.